The first-order chi connectivity index (χ1) is 8.78. The fraction of sp³-hybridized carbons (Fsp3) is 0.700. The Hall–Kier alpha value is -1.09. The van der Waals surface area contributed by atoms with Crippen LogP contribution in [-0.4, -0.2) is 65.3 Å². The number of rotatable bonds is 3. The Labute approximate surface area is 115 Å². The van der Waals surface area contributed by atoms with Crippen LogP contribution in [0.2, 0.25) is 0 Å². The number of carbonyl (C=O) groups excluding carboxylic acids is 1. The molecule has 0 aliphatic carbocycles. The van der Waals surface area contributed by atoms with Gasteiger partial charge >= 0.3 is 5.97 Å². The zero-order valence-corrected chi connectivity index (χ0v) is 11.9. The van der Waals surface area contributed by atoms with E-state index < -0.39 is 21.7 Å². The van der Waals surface area contributed by atoms with Gasteiger partial charge in [0.1, 0.15) is 0 Å². The van der Waals surface area contributed by atoms with Crippen molar-refractivity contribution in [2.75, 3.05) is 18.6 Å². The average molecular weight is 306 g/mol. The first-order valence-corrected chi connectivity index (χ1v) is 8.42. The molecule has 0 unspecified atom stereocenters. The zero-order chi connectivity index (χ0) is 14.2. The Balaban J connectivity index is 2.01. The number of carboxylic acid groups (broad SMARTS) is 1. The number of sulfone groups is 1. The van der Waals surface area contributed by atoms with E-state index in [4.69, 9.17) is 5.11 Å². The number of amides is 1. The number of aliphatic carboxylic acids is 1. The molecule has 2 aliphatic heterocycles. The molecule has 2 heterocycles. The van der Waals surface area contributed by atoms with Gasteiger partial charge in [-0.3, -0.25) is 9.59 Å². The lowest BCUT2D eigenvalue weighted by atomic mass is 10.2. The van der Waals surface area contributed by atoms with Crippen LogP contribution >= 0.6 is 11.8 Å². The predicted octanol–water partition coefficient (Wildman–Crippen LogP) is -0.422. The fourth-order valence-corrected chi connectivity index (χ4v) is 6.13. The molecule has 9 heteroatoms. The van der Waals surface area contributed by atoms with Crippen molar-refractivity contribution in [1.29, 1.82) is 0 Å². The SMILES string of the molecule is CN1C(=NC(=O)CCC(=O)O)S[C@@H]2CS(=O)(=O)C[C@H]21. The van der Waals surface area contributed by atoms with Crippen LogP contribution in [0.5, 0.6) is 0 Å². The third-order valence-corrected chi connectivity index (χ3v) is 6.40. The Bertz CT molecular complexity index is 542. The lowest BCUT2D eigenvalue weighted by Crippen LogP contribution is -2.34. The van der Waals surface area contributed by atoms with E-state index in [1.807, 2.05) is 0 Å². The average Bonchev–Trinajstić information content (AvgIpc) is 2.72. The summed E-state index contributed by atoms with van der Waals surface area (Å²) in [6.07, 6.45) is -0.383. The molecule has 0 aromatic carbocycles. The van der Waals surface area contributed by atoms with Gasteiger partial charge in [-0.25, -0.2) is 8.42 Å². The molecule has 0 spiro atoms. The molecule has 1 N–H and O–H groups in total. The van der Waals surface area contributed by atoms with Crippen molar-refractivity contribution < 1.29 is 23.1 Å². The first-order valence-electron chi connectivity index (χ1n) is 5.72. The van der Waals surface area contributed by atoms with E-state index >= 15 is 0 Å². The van der Waals surface area contributed by atoms with Gasteiger partial charge in [-0.15, -0.1) is 0 Å². The molecule has 0 bridgehead atoms. The predicted molar refractivity (Wildman–Crippen MR) is 70.9 cm³/mol. The van der Waals surface area contributed by atoms with E-state index in [-0.39, 0.29) is 35.6 Å². The van der Waals surface area contributed by atoms with Gasteiger partial charge in [0.15, 0.2) is 15.0 Å². The normalized spacial score (nSPS) is 30.6. The monoisotopic (exact) mass is 306 g/mol. The molecule has 2 fully saturated rings. The first kappa shape index (κ1) is 14.3. The molecular weight excluding hydrogens is 292 g/mol. The van der Waals surface area contributed by atoms with E-state index in [0.717, 1.165) is 0 Å². The molecule has 0 aromatic rings. The zero-order valence-electron chi connectivity index (χ0n) is 10.3. The second kappa shape index (κ2) is 5.12. The number of hydrogen-bond acceptors (Lipinski definition) is 5. The molecule has 2 atom stereocenters. The van der Waals surface area contributed by atoms with Crippen LogP contribution in [0.3, 0.4) is 0 Å². The maximum absolute atomic E-state index is 11.5. The van der Waals surface area contributed by atoms with Gasteiger partial charge in [-0.05, 0) is 0 Å². The Kier molecular flexibility index (Phi) is 3.86. The lowest BCUT2D eigenvalue weighted by molar-refractivity contribution is -0.138. The molecule has 2 saturated heterocycles. The number of carboxylic acids is 1. The summed E-state index contributed by atoms with van der Waals surface area (Å²) in [5.74, 6) is -1.33. The molecule has 0 radical (unpaired) electrons. The van der Waals surface area contributed by atoms with Crippen molar-refractivity contribution in [3.8, 4) is 0 Å². The largest absolute Gasteiger partial charge is 0.481 e. The van der Waals surface area contributed by atoms with Crippen LogP contribution in [0.15, 0.2) is 4.99 Å². The number of nitrogens with zero attached hydrogens (tertiary/aromatic N) is 2. The number of carbonyl (C=O) groups is 2. The fourth-order valence-electron chi connectivity index (χ4n) is 2.11. The quantitative estimate of drug-likeness (QED) is 0.755. The minimum absolute atomic E-state index is 0.0824. The van der Waals surface area contributed by atoms with E-state index in [9.17, 15) is 18.0 Å². The maximum atomic E-state index is 11.5. The van der Waals surface area contributed by atoms with Crippen molar-refractivity contribution >= 4 is 38.6 Å². The van der Waals surface area contributed by atoms with Crippen molar-refractivity contribution in [3.05, 3.63) is 0 Å². The topological polar surface area (TPSA) is 104 Å². The highest BCUT2D eigenvalue weighted by molar-refractivity contribution is 8.15. The molecule has 106 valence electrons. The third-order valence-electron chi connectivity index (χ3n) is 3.10. The van der Waals surface area contributed by atoms with Gasteiger partial charge in [0.25, 0.3) is 0 Å². The number of amidine groups is 1. The van der Waals surface area contributed by atoms with Gasteiger partial charge in [0.05, 0.1) is 24.0 Å². The Morgan fingerprint density at radius 3 is 2.68 bits per heavy atom. The van der Waals surface area contributed by atoms with Crippen LogP contribution in [0.4, 0.5) is 0 Å². The molecule has 7 nitrogen and oxygen atoms in total. The van der Waals surface area contributed by atoms with E-state index in [2.05, 4.69) is 4.99 Å². The highest BCUT2D eigenvalue weighted by Gasteiger charge is 2.47. The highest BCUT2D eigenvalue weighted by atomic mass is 32.2. The van der Waals surface area contributed by atoms with Crippen LogP contribution in [-0.2, 0) is 19.4 Å². The van der Waals surface area contributed by atoms with E-state index in [1.54, 1.807) is 11.9 Å². The van der Waals surface area contributed by atoms with Gasteiger partial charge in [0, 0.05) is 18.7 Å². The maximum Gasteiger partial charge on any atom is 0.303 e. The summed E-state index contributed by atoms with van der Waals surface area (Å²) >= 11 is 1.28. The molecule has 2 rings (SSSR count). The number of hydrogen-bond donors (Lipinski definition) is 1. The van der Waals surface area contributed by atoms with Crippen LogP contribution in [0, 0.1) is 0 Å². The van der Waals surface area contributed by atoms with Crippen LogP contribution in [0.25, 0.3) is 0 Å². The van der Waals surface area contributed by atoms with Crippen molar-refractivity contribution in [1.82, 2.24) is 4.90 Å². The molecule has 2 aliphatic rings. The molecule has 1 amide bonds. The minimum atomic E-state index is -2.99. The summed E-state index contributed by atoms with van der Waals surface area (Å²) in [6, 6.07) is -0.138. The second-order valence-corrected chi connectivity index (χ2v) is 7.95. The highest BCUT2D eigenvalue weighted by Crippen LogP contribution is 2.36. The number of thioether (sulfide) groups is 1. The lowest BCUT2D eigenvalue weighted by Gasteiger charge is -2.17. The van der Waals surface area contributed by atoms with Crippen molar-refractivity contribution in [3.63, 3.8) is 0 Å². The van der Waals surface area contributed by atoms with Gasteiger partial charge in [0.2, 0.25) is 5.91 Å². The number of aliphatic imine (C=N–C) groups is 1. The van der Waals surface area contributed by atoms with Crippen molar-refractivity contribution in [2.45, 2.75) is 24.1 Å². The minimum Gasteiger partial charge on any atom is -0.481 e. The van der Waals surface area contributed by atoms with Gasteiger partial charge < -0.3 is 10.0 Å². The molecule has 19 heavy (non-hydrogen) atoms. The summed E-state index contributed by atoms with van der Waals surface area (Å²) in [4.78, 5) is 27.4. The molecular formula is C10H14N2O5S2. The van der Waals surface area contributed by atoms with Gasteiger partial charge in [-0.2, -0.15) is 4.99 Å². The van der Waals surface area contributed by atoms with E-state index in [1.165, 1.54) is 11.8 Å². The van der Waals surface area contributed by atoms with Crippen LogP contribution in [0.1, 0.15) is 12.8 Å². The molecule has 0 saturated carbocycles. The Morgan fingerprint density at radius 1 is 1.42 bits per heavy atom. The molecule has 0 aromatic heterocycles. The summed E-state index contributed by atoms with van der Waals surface area (Å²) in [5.41, 5.74) is 0. The summed E-state index contributed by atoms with van der Waals surface area (Å²) < 4.78 is 23.0. The Morgan fingerprint density at radius 2 is 2.11 bits per heavy atom. The van der Waals surface area contributed by atoms with Crippen LogP contribution < -0.4 is 0 Å². The summed E-state index contributed by atoms with van der Waals surface area (Å²) in [6.45, 7) is 0. The van der Waals surface area contributed by atoms with Crippen molar-refractivity contribution in [2.24, 2.45) is 4.99 Å². The van der Waals surface area contributed by atoms with E-state index in [0.29, 0.717) is 5.17 Å². The standard InChI is InChI=1S/C10H14N2O5S2/c1-12-6-4-19(16,17)5-7(6)18-10(12)11-8(13)2-3-9(14)15/h6-7H,2-5H2,1H3,(H,14,15)/t6-,7-/m1/s1. The second-order valence-electron chi connectivity index (χ2n) is 4.59. The smallest absolute Gasteiger partial charge is 0.303 e. The number of fused-ring (bicyclic) bond motifs is 1. The summed E-state index contributed by atoms with van der Waals surface area (Å²) in [7, 11) is -1.28. The third kappa shape index (κ3) is 3.27. The van der Waals surface area contributed by atoms with Gasteiger partial charge in [-0.1, -0.05) is 11.8 Å². The summed E-state index contributed by atoms with van der Waals surface area (Å²) in [5, 5.41) is 8.89.